The fourth-order valence-electron chi connectivity index (χ4n) is 4.76. The normalized spacial score (nSPS) is 14.5. The van der Waals surface area contributed by atoms with E-state index in [1.807, 2.05) is 42.5 Å². The molecule has 4 aromatic rings. The number of carbonyl (C=O) groups is 1. The van der Waals surface area contributed by atoms with Crippen LogP contribution in [0.15, 0.2) is 66.7 Å². The number of hydrogen-bond donors (Lipinski definition) is 2. The molecule has 0 saturated heterocycles. The van der Waals surface area contributed by atoms with Crippen molar-refractivity contribution in [1.29, 1.82) is 0 Å². The number of nitrogens with zero attached hydrogens (tertiary/aromatic N) is 1. The SMILES string of the molecule is COc1ccc(OC(=O)N2CCc3c([nH]c4ccc(Cl)cc34)C2c2ccc(OCCCCO)cc2)cc1.O. The van der Waals surface area contributed by atoms with E-state index >= 15 is 0 Å². The van der Waals surface area contributed by atoms with Gasteiger partial charge in [0.15, 0.2) is 0 Å². The summed E-state index contributed by atoms with van der Waals surface area (Å²) in [5.74, 6) is 1.88. The van der Waals surface area contributed by atoms with Gasteiger partial charge in [-0.1, -0.05) is 23.7 Å². The maximum absolute atomic E-state index is 13.4. The van der Waals surface area contributed by atoms with Crippen LogP contribution in [-0.2, 0) is 6.42 Å². The van der Waals surface area contributed by atoms with Crippen LogP contribution in [0.25, 0.3) is 10.9 Å². The molecule has 2 heterocycles. The van der Waals surface area contributed by atoms with Crippen LogP contribution in [-0.4, -0.2) is 53.4 Å². The largest absolute Gasteiger partial charge is 0.497 e. The van der Waals surface area contributed by atoms with Gasteiger partial charge in [0.2, 0.25) is 0 Å². The molecule has 0 fully saturated rings. The monoisotopic (exact) mass is 538 g/mol. The van der Waals surface area contributed by atoms with E-state index in [2.05, 4.69) is 4.98 Å². The minimum atomic E-state index is -0.429. The number of aromatic nitrogens is 1. The van der Waals surface area contributed by atoms with Gasteiger partial charge in [-0.3, -0.25) is 4.90 Å². The fraction of sp³-hybridized carbons (Fsp3) is 0.276. The van der Waals surface area contributed by atoms with Crippen LogP contribution >= 0.6 is 11.6 Å². The maximum Gasteiger partial charge on any atom is 0.416 e. The fourth-order valence-corrected chi connectivity index (χ4v) is 4.93. The maximum atomic E-state index is 13.4. The molecule has 0 saturated carbocycles. The summed E-state index contributed by atoms with van der Waals surface area (Å²) in [4.78, 5) is 18.7. The van der Waals surface area contributed by atoms with Crippen LogP contribution in [0.4, 0.5) is 4.79 Å². The molecular weight excluding hydrogens is 508 g/mol. The molecule has 3 aromatic carbocycles. The van der Waals surface area contributed by atoms with Crippen molar-refractivity contribution in [2.45, 2.75) is 25.3 Å². The van der Waals surface area contributed by atoms with Gasteiger partial charge in [0.25, 0.3) is 0 Å². The predicted molar refractivity (Wildman–Crippen MR) is 146 cm³/mol. The molecule has 200 valence electrons. The van der Waals surface area contributed by atoms with E-state index in [0.29, 0.717) is 42.5 Å². The Balaban J connectivity index is 0.00000336. The van der Waals surface area contributed by atoms with Crippen molar-refractivity contribution in [3.63, 3.8) is 0 Å². The topological polar surface area (TPSA) is 116 Å². The average molecular weight is 539 g/mol. The van der Waals surface area contributed by atoms with E-state index in [1.54, 1.807) is 36.3 Å². The second-order valence-electron chi connectivity index (χ2n) is 8.94. The summed E-state index contributed by atoms with van der Waals surface area (Å²) in [6, 6.07) is 20.2. The second kappa shape index (κ2) is 12.2. The Morgan fingerprint density at radius 1 is 1.03 bits per heavy atom. The number of methoxy groups -OCH3 is 1. The molecule has 1 aromatic heterocycles. The Hall–Kier alpha value is -3.72. The number of aromatic amines is 1. The van der Waals surface area contributed by atoms with Crippen LogP contribution in [0, 0.1) is 0 Å². The molecule has 9 heteroatoms. The van der Waals surface area contributed by atoms with E-state index in [4.69, 9.17) is 30.9 Å². The number of H-pyrrole nitrogens is 1. The second-order valence-corrected chi connectivity index (χ2v) is 9.38. The van der Waals surface area contributed by atoms with Gasteiger partial charge >= 0.3 is 6.09 Å². The summed E-state index contributed by atoms with van der Waals surface area (Å²) in [5, 5.41) is 10.7. The number of unbranched alkanes of at least 4 members (excludes halogenated alkanes) is 1. The van der Waals surface area contributed by atoms with Crippen LogP contribution < -0.4 is 14.2 Å². The van der Waals surface area contributed by atoms with E-state index in [1.165, 1.54) is 0 Å². The average Bonchev–Trinajstić information content (AvgIpc) is 3.29. The molecular formula is C29H31ClN2O6. The third kappa shape index (κ3) is 5.72. The molecule has 1 unspecified atom stereocenters. The molecule has 0 radical (unpaired) electrons. The zero-order chi connectivity index (χ0) is 25.8. The number of carbonyl (C=O) groups excluding carboxylic acids is 1. The van der Waals surface area contributed by atoms with Gasteiger partial charge in [-0.05, 0) is 85.0 Å². The summed E-state index contributed by atoms with van der Waals surface area (Å²) in [7, 11) is 1.59. The summed E-state index contributed by atoms with van der Waals surface area (Å²) in [5.41, 5.74) is 4.02. The minimum Gasteiger partial charge on any atom is -0.497 e. The zero-order valence-corrected chi connectivity index (χ0v) is 21.8. The number of fused-ring (bicyclic) bond motifs is 3. The van der Waals surface area contributed by atoms with Crippen LogP contribution in [0.2, 0.25) is 5.02 Å². The molecule has 1 atom stereocenters. The molecule has 4 N–H and O–H groups in total. The molecule has 5 rings (SSSR count). The molecule has 1 aliphatic heterocycles. The van der Waals surface area contributed by atoms with Crippen molar-refractivity contribution < 1.29 is 29.6 Å². The first-order valence-electron chi connectivity index (χ1n) is 12.3. The molecule has 0 bridgehead atoms. The van der Waals surface area contributed by atoms with Gasteiger partial charge < -0.3 is 29.8 Å². The lowest BCUT2D eigenvalue weighted by molar-refractivity contribution is 0.135. The number of amides is 1. The number of aliphatic hydroxyl groups is 1. The first-order valence-corrected chi connectivity index (χ1v) is 12.7. The van der Waals surface area contributed by atoms with Crippen molar-refractivity contribution in [1.82, 2.24) is 9.88 Å². The molecule has 1 amide bonds. The number of ether oxygens (including phenoxy) is 3. The lowest BCUT2D eigenvalue weighted by Crippen LogP contribution is -2.42. The first-order chi connectivity index (χ1) is 18.1. The third-order valence-electron chi connectivity index (χ3n) is 6.61. The standard InChI is InChI=1S/C29H29ClN2O5.H2O/c1-35-21-9-11-23(12-10-21)37-29(34)32-15-14-24-25-18-20(30)6-13-26(25)31-27(24)28(32)19-4-7-22(8-5-19)36-17-3-2-16-33;/h4-13,18,28,31,33H,2-3,14-17H2,1H3;1H2. The van der Waals surface area contributed by atoms with Crippen molar-refractivity contribution >= 4 is 28.6 Å². The Morgan fingerprint density at radius 2 is 1.74 bits per heavy atom. The minimum absolute atomic E-state index is 0. The third-order valence-corrected chi connectivity index (χ3v) is 6.84. The number of halogens is 1. The Morgan fingerprint density at radius 3 is 2.45 bits per heavy atom. The van der Waals surface area contributed by atoms with Gasteiger partial charge in [0, 0.05) is 34.8 Å². The molecule has 38 heavy (non-hydrogen) atoms. The number of hydrogen-bond acceptors (Lipinski definition) is 5. The van der Waals surface area contributed by atoms with Crippen molar-refractivity contribution in [3.8, 4) is 17.2 Å². The van der Waals surface area contributed by atoms with E-state index < -0.39 is 6.09 Å². The number of benzene rings is 3. The number of aliphatic hydroxyl groups excluding tert-OH is 1. The molecule has 1 aliphatic rings. The first kappa shape index (κ1) is 27.3. The van der Waals surface area contributed by atoms with Gasteiger partial charge in [0.05, 0.1) is 13.7 Å². The summed E-state index contributed by atoms with van der Waals surface area (Å²) >= 11 is 6.31. The van der Waals surface area contributed by atoms with Crippen molar-refractivity contribution in [2.75, 3.05) is 26.9 Å². The van der Waals surface area contributed by atoms with Gasteiger partial charge in [-0.2, -0.15) is 0 Å². The van der Waals surface area contributed by atoms with Gasteiger partial charge in [0.1, 0.15) is 23.3 Å². The highest BCUT2D eigenvalue weighted by Crippen LogP contribution is 2.40. The zero-order valence-electron chi connectivity index (χ0n) is 21.1. The Labute approximate surface area is 226 Å². The highest BCUT2D eigenvalue weighted by atomic mass is 35.5. The highest BCUT2D eigenvalue weighted by Gasteiger charge is 2.35. The summed E-state index contributed by atoms with van der Waals surface area (Å²) < 4.78 is 16.8. The van der Waals surface area contributed by atoms with Crippen LogP contribution in [0.5, 0.6) is 17.2 Å². The lowest BCUT2D eigenvalue weighted by Gasteiger charge is -2.35. The van der Waals surface area contributed by atoms with Crippen molar-refractivity contribution in [2.24, 2.45) is 0 Å². The van der Waals surface area contributed by atoms with E-state index in [0.717, 1.165) is 39.9 Å². The number of rotatable bonds is 8. The predicted octanol–water partition coefficient (Wildman–Crippen LogP) is 5.30. The summed E-state index contributed by atoms with van der Waals surface area (Å²) in [6.45, 7) is 1.19. The molecule has 8 nitrogen and oxygen atoms in total. The summed E-state index contributed by atoms with van der Waals surface area (Å²) in [6.07, 6.45) is 1.74. The molecule has 0 spiro atoms. The van der Waals surface area contributed by atoms with E-state index in [9.17, 15) is 4.79 Å². The highest BCUT2D eigenvalue weighted by molar-refractivity contribution is 6.31. The van der Waals surface area contributed by atoms with Crippen LogP contribution in [0.1, 0.15) is 35.7 Å². The Bertz CT molecular complexity index is 1370. The quantitative estimate of drug-likeness (QED) is 0.295. The van der Waals surface area contributed by atoms with E-state index in [-0.39, 0.29) is 18.1 Å². The molecule has 0 aliphatic carbocycles. The Kier molecular flexibility index (Phi) is 8.78. The van der Waals surface area contributed by atoms with Gasteiger partial charge in [-0.25, -0.2) is 4.79 Å². The smallest absolute Gasteiger partial charge is 0.416 e. The number of nitrogens with one attached hydrogen (secondary N) is 1. The lowest BCUT2D eigenvalue weighted by atomic mass is 9.92. The van der Waals surface area contributed by atoms with Gasteiger partial charge in [-0.15, -0.1) is 0 Å². The van der Waals surface area contributed by atoms with Crippen molar-refractivity contribution in [3.05, 3.63) is 88.6 Å². The van der Waals surface area contributed by atoms with Crippen LogP contribution in [0.3, 0.4) is 0 Å².